The van der Waals surface area contributed by atoms with E-state index in [1.807, 2.05) is 6.20 Å². The lowest BCUT2D eigenvalue weighted by molar-refractivity contribution is 1.27. The molecule has 6 aromatic rings. The van der Waals surface area contributed by atoms with Crippen molar-refractivity contribution in [2.45, 2.75) is 26.2 Å². The topological polar surface area (TPSA) is 29.0 Å². The second-order valence-corrected chi connectivity index (χ2v) is 18.6. The summed E-state index contributed by atoms with van der Waals surface area (Å²) in [6.07, 6.45) is 4.12. The Labute approximate surface area is 258 Å². The highest BCUT2D eigenvalue weighted by Gasteiger charge is 2.26. The minimum Gasteiger partial charge on any atom is -0.310 e. The monoisotopic (exact) mass is 590 g/mol. The number of anilines is 3. The fourth-order valence-electron chi connectivity index (χ4n) is 5.45. The molecule has 1 radical (unpaired) electrons. The Kier molecular flexibility index (Phi) is 8.19. The van der Waals surface area contributed by atoms with Gasteiger partial charge in [0, 0.05) is 40.6 Å². The van der Waals surface area contributed by atoms with Crippen molar-refractivity contribution in [2.75, 3.05) is 4.90 Å². The lowest BCUT2D eigenvalue weighted by atomic mass is 10.1. The minimum atomic E-state index is -1.81. The van der Waals surface area contributed by atoms with Gasteiger partial charge in [-0.2, -0.15) is 0 Å². The van der Waals surface area contributed by atoms with Crippen molar-refractivity contribution in [3.8, 4) is 22.5 Å². The fraction of sp³-hybridized carbons (Fsp3) is 0.105. The Bertz CT molecular complexity index is 1800. The highest BCUT2D eigenvalue weighted by atomic mass is 28.3. The van der Waals surface area contributed by atoms with E-state index >= 15 is 0 Å². The van der Waals surface area contributed by atoms with E-state index < -0.39 is 16.9 Å². The van der Waals surface area contributed by atoms with Gasteiger partial charge in [0.2, 0.25) is 0 Å². The van der Waals surface area contributed by atoms with Gasteiger partial charge >= 0.3 is 0 Å². The summed E-state index contributed by atoms with van der Waals surface area (Å²) in [5.41, 5.74) is 7.42. The molecule has 0 spiro atoms. The molecule has 0 unspecified atom stereocenters. The Morgan fingerprint density at radius 3 is 1.56 bits per heavy atom. The van der Waals surface area contributed by atoms with Crippen molar-refractivity contribution in [1.29, 1.82) is 0 Å². The largest absolute Gasteiger partial charge is 0.310 e. The number of rotatable bonds is 8. The average Bonchev–Trinajstić information content (AvgIpc) is 3.06. The average molecular weight is 591 g/mol. The number of hydrogen-bond donors (Lipinski definition) is 0. The van der Waals surface area contributed by atoms with Crippen LogP contribution in [-0.4, -0.2) is 26.8 Å². The third-order valence-electron chi connectivity index (χ3n) is 8.14. The van der Waals surface area contributed by atoms with Crippen molar-refractivity contribution in [3.63, 3.8) is 0 Å². The maximum absolute atomic E-state index is 4.97. The molecule has 43 heavy (non-hydrogen) atoms. The number of para-hydroxylation sites is 1. The summed E-state index contributed by atoms with van der Waals surface area (Å²) in [6.45, 7) is 9.37. The van der Waals surface area contributed by atoms with Crippen LogP contribution in [0.2, 0.25) is 26.2 Å². The third-order valence-corrected chi connectivity index (χ3v) is 13.1. The zero-order valence-electron chi connectivity index (χ0n) is 25.2. The van der Waals surface area contributed by atoms with E-state index in [1.54, 1.807) is 0 Å². The first kappa shape index (κ1) is 28.5. The fourth-order valence-corrected chi connectivity index (χ4v) is 8.43. The lowest BCUT2D eigenvalue weighted by Gasteiger charge is -2.26. The van der Waals surface area contributed by atoms with Crippen molar-refractivity contribution in [2.24, 2.45) is 0 Å². The lowest BCUT2D eigenvalue weighted by Crippen LogP contribution is -2.52. The van der Waals surface area contributed by atoms with Crippen LogP contribution in [0.1, 0.15) is 0 Å². The molecule has 3 nitrogen and oxygen atoms in total. The quantitative estimate of drug-likeness (QED) is 0.168. The zero-order valence-corrected chi connectivity index (χ0v) is 27.2. The maximum Gasteiger partial charge on any atom is 0.114 e. The maximum atomic E-state index is 4.97. The van der Waals surface area contributed by atoms with Gasteiger partial charge in [0.25, 0.3) is 0 Å². The zero-order chi connectivity index (χ0) is 29.8. The van der Waals surface area contributed by atoms with E-state index in [2.05, 4.69) is 171 Å². The highest BCUT2D eigenvalue weighted by molar-refractivity contribution is 7.00. The third kappa shape index (κ3) is 6.14. The summed E-state index contributed by atoms with van der Waals surface area (Å²) >= 11 is 0. The predicted octanol–water partition coefficient (Wildman–Crippen LogP) is 8.06. The van der Waals surface area contributed by atoms with E-state index in [4.69, 9.17) is 9.97 Å². The molecule has 0 saturated heterocycles. The molecule has 211 valence electrons. The Morgan fingerprint density at radius 2 is 1.05 bits per heavy atom. The molecule has 2 aromatic heterocycles. The molecule has 5 heteroatoms. The van der Waals surface area contributed by atoms with Gasteiger partial charge in [-0.05, 0) is 58.9 Å². The van der Waals surface area contributed by atoms with Gasteiger partial charge in [-0.3, -0.25) is 9.97 Å². The SMILES string of the molecule is C[Si](C)c1ccc(-c2cccc(N(c3ccccc3)c3cccc(-c4ccc([Si](C)(C)c5ccccc5)cn4)c3)c2)nc1. The molecular formula is C38H36N3Si2. The van der Waals surface area contributed by atoms with Crippen LogP contribution in [0, 0.1) is 0 Å². The molecular weight excluding hydrogens is 555 g/mol. The summed E-state index contributed by atoms with van der Waals surface area (Å²) in [5, 5.41) is 4.10. The minimum absolute atomic E-state index is 0.526. The van der Waals surface area contributed by atoms with Gasteiger partial charge in [0.1, 0.15) is 8.07 Å². The molecule has 0 atom stereocenters. The first-order valence-corrected chi connectivity index (χ1v) is 20.2. The molecule has 0 fully saturated rings. The number of hydrogen-bond acceptors (Lipinski definition) is 3. The first-order valence-electron chi connectivity index (χ1n) is 14.7. The summed E-state index contributed by atoms with van der Waals surface area (Å²) in [5.74, 6) is 0. The molecule has 0 aliphatic rings. The highest BCUT2D eigenvalue weighted by Crippen LogP contribution is 2.37. The Hall–Kier alpha value is -4.59. The summed E-state index contributed by atoms with van der Waals surface area (Å²) in [7, 11) is -2.34. The molecule has 2 heterocycles. The number of pyridine rings is 2. The van der Waals surface area contributed by atoms with E-state index in [0.717, 1.165) is 39.6 Å². The van der Waals surface area contributed by atoms with Crippen molar-refractivity contribution in [1.82, 2.24) is 9.97 Å². The van der Waals surface area contributed by atoms with Crippen LogP contribution in [0.15, 0.2) is 146 Å². The molecule has 0 saturated carbocycles. The summed E-state index contributed by atoms with van der Waals surface area (Å²) < 4.78 is 0. The van der Waals surface area contributed by atoms with Crippen molar-refractivity contribution >= 4 is 49.5 Å². The van der Waals surface area contributed by atoms with Gasteiger partial charge in [0.15, 0.2) is 0 Å². The van der Waals surface area contributed by atoms with Crippen LogP contribution in [0.4, 0.5) is 17.1 Å². The van der Waals surface area contributed by atoms with Crippen molar-refractivity contribution in [3.05, 3.63) is 146 Å². The van der Waals surface area contributed by atoms with Crippen LogP contribution in [-0.2, 0) is 0 Å². The smallest absolute Gasteiger partial charge is 0.114 e. The Morgan fingerprint density at radius 1 is 0.512 bits per heavy atom. The van der Waals surface area contributed by atoms with Gasteiger partial charge < -0.3 is 4.90 Å². The predicted molar refractivity (Wildman–Crippen MR) is 188 cm³/mol. The number of nitrogens with zero attached hydrogens (tertiary/aromatic N) is 3. The van der Waals surface area contributed by atoms with Gasteiger partial charge in [0.05, 0.1) is 20.2 Å². The standard InChI is InChI=1S/C38H36N3Si2/c1-42(2)34-21-23-37(39-27-34)29-13-11-17-32(25-29)41(31-15-7-5-8-16-31)33-18-12-14-30(26-33)38-24-22-36(28-40-38)43(3,4)35-19-9-6-10-20-35/h5-28H,1-4H3. The molecule has 0 N–H and O–H groups in total. The van der Waals surface area contributed by atoms with E-state index in [1.165, 1.54) is 15.6 Å². The number of benzene rings is 4. The molecule has 4 aromatic carbocycles. The Balaban J connectivity index is 1.36. The van der Waals surface area contributed by atoms with Gasteiger partial charge in [-0.1, -0.05) is 116 Å². The normalized spacial score (nSPS) is 11.5. The molecule has 0 aliphatic heterocycles. The molecule has 0 amide bonds. The molecule has 0 bridgehead atoms. The van der Waals surface area contributed by atoms with E-state index in [9.17, 15) is 0 Å². The van der Waals surface area contributed by atoms with E-state index in [0.29, 0.717) is 0 Å². The van der Waals surface area contributed by atoms with Crippen molar-refractivity contribution < 1.29 is 0 Å². The second kappa shape index (κ2) is 12.3. The van der Waals surface area contributed by atoms with Crippen LogP contribution >= 0.6 is 0 Å². The van der Waals surface area contributed by atoms with Gasteiger partial charge in [-0.25, -0.2) is 0 Å². The van der Waals surface area contributed by atoms with Gasteiger partial charge in [-0.15, -0.1) is 0 Å². The molecule has 0 aliphatic carbocycles. The summed E-state index contributed by atoms with van der Waals surface area (Å²) in [4.78, 5) is 12.1. The van der Waals surface area contributed by atoms with E-state index in [-0.39, 0.29) is 0 Å². The number of aromatic nitrogens is 2. The second-order valence-electron chi connectivity index (χ2n) is 11.6. The van der Waals surface area contributed by atoms with Crippen LogP contribution < -0.4 is 20.5 Å². The summed E-state index contributed by atoms with van der Waals surface area (Å²) in [6, 6.07) is 47.5. The van der Waals surface area contributed by atoms with Crippen LogP contribution in [0.5, 0.6) is 0 Å². The molecule has 6 rings (SSSR count). The van der Waals surface area contributed by atoms with Crippen LogP contribution in [0.3, 0.4) is 0 Å². The first-order chi connectivity index (χ1) is 20.9. The van der Waals surface area contributed by atoms with Crippen LogP contribution in [0.25, 0.3) is 22.5 Å².